The lowest BCUT2D eigenvalue weighted by atomic mass is 10.1. The maximum atomic E-state index is 11.5. The molecule has 1 aromatic heterocycles. The van der Waals surface area contributed by atoms with Crippen LogP contribution in [-0.4, -0.2) is 39.3 Å². The maximum absolute atomic E-state index is 11.5. The van der Waals surface area contributed by atoms with E-state index >= 15 is 0 Å². The zero-order chi connectivity index (χ0) is 14.6. The molecule has 0 saturated carbocycles. The number of anilines is 1. The molecule has 19 heavy (non-hydrogen) atoms. The highest BCUT2D eigenvalue weighted by atomic mass is 32.1. The Morgan fingerprint density at radius 1 is 1.53 bits per heavy atom. The van der Waals surface area contributed by atoms with E-state index in [0.717, 1.165) is 12.6 Å². The lowest BCUT2D eigenvalue weighted by Gasteiger charge is -2.18. The van der Waals surface area contributed by atoms with Crippen molar-refractivity contribution in [1.82, 2.24) is 10.3 Å². The number of aliphatic carboxylic acids is 1. The molecule has 0 aromatic carbocycles. The van der Waals surface area contributed by atoms with Crippen LogP contribution in [0.15, 0.2) is 5.38 Å². The number of aliphatic hydroxyl groups is 1. The van der Waals surface area contributed by atoms with E-state index in [4.69, 9.17) is 5.11 Å². The molecule has 0 aliphatic rings. The molecule has 7 nitrogen and oxygen atoms in total. The van der Waals surface area contributed by atoms with Crippen LogP contribution in [0.5, 0.6) is 0 Å². The minimum absolute atomic E-state index is 0.266. The highest BCUT2D eigenvalue weighted by Crippen LogP contribution is 2.21. The van der Waals surface area contributed by atoms with Crippen molar-refractivity contribution in [2.45, 2.75) is 32.3 Å². The third-order valence-electron chi connectivity index (χ3n) is 2.39. The van der Waals surface area contributed by atoms with Crippen molar-refractivity contribution in [2.24, 2.45) is 0 Å². The molecule has 2 amide bonds. The molecule has 0 aliphatic heterocycles. The van der Waals surface area contributed by atoms with Crippen LogP contribution in [0, 0.1) is 0 Å². The van der Waals surface area contributed by atoms with Crippen molar-refractivity contribution >= 4 is 28.5 Å². The second-order valence-corrected chi connectivity index (χ2v) is 5.48. The molecule has 4 N–H and O–H groups in total. The van der Waals surface area contributed by atoms with Crippen molar-refractivity contribution in [1.29, 1.82) is 0 Å². The van der Waals surface area contributed by atoms with Gasteiger partial charge in [0.25, 0.3) is 0 Å². The number of nitrogens with zero attached hydrogens (tertiary/aromatic N) is 1. The van der Waals surface area contributed by atoms with Crippen molar-refractivity contribution in [2.75, 3.05) is 11.9 Å². The Labute approximate surface area is 114 Å². The number of rotatable bonds is 5. The van der Waals surface area contributed by atoms with Gasteiger partial charge in [0.2, 0.25) is 0 Å². The van der Waals surface area contributed by atoms with E-state index in [0.29, 0.717) is 5.13 Å². The number of hydrogen-bond acceptors (Lipinski definition) is 5. The summed E-state index contributed by atoms with van der Waals surface area (Å²) in [6.45, 7) is 4.69. The van der Waals surface area contributed by atoms with E-state index in [1.807, 2.05) is 19.2 Å². The number of hydrogen-bond donors (Lipinski definition) is 4. The van der Waals surface area contributed by atoms with Crippen molar-refractivity contribution in [3.63, 3.8) is 0 Å². The Morgan fingerprint density at radius 3 is 2.63 bits per heavy atom. The quantitative estimate of drug-likeness (QED) is 0.650. The average molecular weight is 287 g/mol. The monoisotopic (exact) mass is 287 g/mol. The normalized spacial score (nSPS) is 13.9. The summed E-state index contributed by atoms with van der Waals surface area (Å²) < 4.78 is 0. The molecule has 0 spiro atoms. The van der Waals surface area contributed by atoms with Crippen molar-refractivity contribution in [3.8, 4) is 0 Å². The van der Waals surface area contributed by atoms with Gasteiger partial charge in [-0.15, -0.1) is 11.3 Å². The first-order valence-electron chi connectivity index (χ1n) is 5.68. The number of carboxylic acids is 1. The summed E-state index contributed by atoms with van der Waals surface area (Å²) in [5, 5.41) is 25.1. The summed E-state index contributed by atoms with van der Waals surface area (Å²) in [7, 11) is 0. The predicted molar refractivity (Wildman–Crippen MR) is 71.5 cm³/mol. The van der Waals surface area contributed by atoms with E-state index in [-0.39, 0.29) is 5.92 Å². The van der Waals surface area contributed by atoms with Crippen LogP contribution < -0.4 is 10.6 Å². The summed E-state index contributed by atoms with van der Waals surface area (Å²) >= 11 is 1.28. The lowest BCUT2D eigenvalue weighted by molar-refractivity contribution is -0.155. The summed E-state index contributed by atoms with van der Waals surface area (Å²) in [5.74, 6) is -1.13. The van der Waals surface area contributed by atoms with Gasteiger partial charge in [-0.25, -0.2) is 14.6 Å². The first-order chi connectivity index (χ1) is 8.72. The lowest BCUT2D eigenvalue weighted by Crippen LogP contribution is -2.47. The molecule has 0 radical (unpaired) electrons. The molecule has 1 heterocycles. The molecule has 8 heteroatoms. The number of urea groups is 1. The topological polar surface area (TPSA) is 112 Å². The summed E-state index contributed by atoms with van der Waals surface area (Å²) in [4.78, 5) is 26.3. The molecule has 1 atom stereocenters. The van der Waals surface area contributed by atoms with Crippen LogP contribution in [0.2, 0.25) is 0 Å². The maximum Gasteiger partial charge on any atom is 0.337 e. The van der Waals surface area contributed by atoms with E-state index in [9.17, 15) is 14.7 Å². The third kappa shape index (κ3) is 4.49. The fourth-order valence-corrected chi connectivity index (χ4v) is 1.95. The Kier molecular flexibility index (Phi) is 4.84. The van der Waals surface area contributed by atoms with Crippen molar-refractivity contribution < 1.29 is 19.8 Å². The van der Waals surface area contributed by atoms with Gasteiger partial charge in [0.05, 0.1) is 12.2 Å². The third-order valence-corrected chi connectivity index (χ3v) is 3.16. The summed E-state index contributed by atoms with van der Waals surface area (Å²) in [5.41, 5.74) is -1.12. The molecule has 1 rings (SSSR count). The van der Waals surface area contributed by atoms with Crippen LogP contribution in [-0.2, 0) is 4.79 Å². The number of aromatic nitrogens is 1. The SMILES string of the molecule is CC(C)c1csc(NC(=O)NCC(C)(O)C(=O)O)n1. The van der Waals surface area contributed by atoms with Gasteiger partial charge >= 0.3 is 12.0 Å². The van der Waals surface area contributed by atoms with E-state index in [1.165, 1.54) is 11.3 Å². The Morgan fingerprint density at radius 2 is 2.16 bits per heavy atom. The molecule has 0 aliphatic carbocycles. The van der Waals surface area contributed by atoms with Gasteiger partial charge in [-0.3, -0.25) is 5.32 Å². The van der Waals surface area contributed by atoms with Gasteiger partial charge < -0.3 is 15.5 Å². The van der Waals surface area contributed by atoms with E-state index in [1.54, 1.807) is 0 Å². The van der Waals surface area contributed by atoms with E-state index in [2.05, 4.69) is 15.6 Å². The Hall–Kier alpha value is -1.67. The number of carbonyl (C=O) groups excluding carboxylic acids is 1. The number of amides is 2. The summed E-state index contributed by atoms with van der Waals surface area (Å²) in [6.07, 6.45) is 0. The fourth-order valence-electron chi connectivity index (χ4n) is 1.08. The second kappa shape index (κ2) is 5.98. The molecular weight excluding hydrogens is 270 g/mol. The highest BCUT2D eigenvalue weighted by molar-refractivity contribution is 7.13. The van der Waals surface area contributed by atoms with Gasteiger partial charge in [0.15, 0.2) is 10.7 Å². The number of thiazole rings is 1. The second-order valence-electron chi connectivity index (χ2n) is 4.62. The predicted octanol–water partition coefficient (Wildman–Crippen LogP) is 1.22. The minimum Gasteiger partial charge on any atom is -0.479 e. The zero-order valence-corrected chi connectivity index (χ0v) is 11.7. The summed E-state index contributed by atoms with van der Waals surface area (Å²) in [6, 6.07) is -0.605. The van der Waals surface area contributed by atoms with Gasteiger partial charge in [-0.2, -0.15) is 0 Å². The molecule has 106 valence electrons. The van der Waals surface area contributed by atoms with Crippen LogP contribution in [0.1, 0.15) is 32.4 Å². The molecule has 1 aromatic rings. The van der Waals surface area contributed by atoms with Crippen LogP contribution in [0.3, 0.4) is 0 Å². The number of nitrogens with one attached hydrogen (secondary N) is 2. The molecular formula is C11H17N3O4S. The van der Waals surface area contributed by atoms with Gasteiger partial charge in [0.1, 0.15) is 0 Å². The minimum atomic E-state index is -2.00. The van der Waals surface area contributed by atoms with Crippen molar-refractivity contribution in [3.05, 3.63) is 11.1 Å². The molecule has 0 fully saturated rings. The molecule has 0 saturated heterocycles. The van der Waals surface area contributed by atoms with Crippen LogP contribution in [0.25, 0.3) is 0 Å². The first kappa shape index (κ1) is 15.4. The average Bonchev–Trinajstić information content (AvgIpc) is 2.75. The standard InChI is InChI=1S/C11H17N3O4S/c1-6(2)7-4-19-10(13-7)14-9(17)12-5-11(3,18)8(15)16/h4,6,18H,5H2,1-3H3,(H,15,16)(H2,12,13,14,17). The highest BCUT2D eigenvalue weighted by Gasteiger charge is 2.30. The number of carboxylic acid groups (broad SMARTS) is 1. The largest absolute Gasteiger partial charge is 0.479 e. The molecule has 0 bridgehead atoms. The van der Waals surface area contributed by atoms with Crippen LogP contribution >= 0.6 is 11.3 Å². The zero-order valence-electron chi connectivity index (χ0n) is 10.9. The Balaban J connectivity index is 2.49. The fraction of sp³-hybridized carbons (Fsp3) is 0.545. The molecule has 1 unspecified atom stereocenters. The van der Waals surface area contributed by atoms with Gasteiger partial charge in [-0.1, -0.05) is 13.8 Å². The van der Waals surface area contributed by atoms with E-state index < -0.39 is 24.1 Å². The van der Waals surface area contributed by atoms with Crippen LogP contribution in [0.4, 0.5) is 9.93 Å². The first-order valence-corrected chi connectivity index (χ1v) is 6.56. The number of carbonyl (C=O) groups is 2. The van der Waals surface area contributed by atoms with Gasteiger partial charge in [0, 0.05) is 5.38 Å². The Bertz CT molecular complexity index is 470. The smallest absolute Gasteiger partial charge is 0.337 e. The van der Waals surface area contributed by atoms with Gasteiger partial charge in [-0.05, 0) is 12.8 Å².